The lowest BCUT2D eigenvalue weighted by molar-refractivity contribution is 0.0951. The number of ether oxygens (including phenoxy) is 1. The van der Waals surface area contributed by atoms with E-state index in [1.807, 2.05) is 54.6 Å². The first-order chi connectivity index (χ1) is 16.7. The Bertz CT molecular complexity index is 1180. The molecule has 0 saturated heterocycles. The summed E-state index contributed by atoms with van der Waals surface area (Å²) in [6.45, 7) is 1.77. The lowest BCUT2D eigenvalue weighted by Crippen LogP contribution is -2.22. The maximum Gasteiger partial charge on any atom is 0.251 e. The van der Waals surface area contributed by atoms with Crippen molar-refractivity contribution in [2.45, 2.75) is 30.4 Å². The molecule has 34 heavy (non-hydrogen) atoms. The molecule has 1 N–H and O–H groups in total. The van der Waals surface area contributed by atoms with Crippen molar-refractivity contribution in [1.82, 2.24) is 25.1 Å². The molecule has 174 valence electrons. The maximum atomic E-state index is 12.4. The van der Waals surface area contributed by atoms with Crippen LogP contribution in [0.2, 0.25) is 0 Å². The molecule has 1 amide bonds. The summed E-state index contributed by atoms with van der Waals surface area (Å²) in [6, 6.07) is 21.7. The zero-order valence-electron chi connectivity index (χ0n) is 19.1. The second-order valence-electron chi connectivity index (χ2n) is 7.73. The van der Waals surface area contributed by atoms with Crippen LogP contribution in [0.15, 0.2) is 84.3 Å². The van der Waals surface area contributed by atoms with Crippen LogP contribution in [0.25, 0.3) is 0 Å². The van der Waals surface area contributed by atoms with E-state index in [-0.39, 0.29) is 5.91 Å². The van der Waals surface area contributed by atoms with Crippen molar-refractivity contribution in [3.05, 3.63) is 107 Å². The molecule has 0 radical (unpaired) electrons. The van der Waals surface area contributed by atoms with E-state index in [0.29, 0.717) is 25.3 Å². The van der Waals surface area contributed by atoms with Crippen LogP contribution in [0.4, 0.5) is 0 Å². The van der Waals surface area contributed by atoms with Gasteiger partial charge in [0, 0.05) is 50.3 Å². The SMILES string of the molecule is COCCn1c(Cc2ccccc2)nnc1SCc1ccc(C(=O)NCc2ccncc2)cc1. The Hall–Kier alpha value is -3.49. The van der Waals surface area contributed by atoms with Gasteiger partial charge in [0.05, 0.1) is 6.61 Å². The number of hydrogen-bond donors (Lipinski definition) is 1. The first-order valence-corrected chi connectivity index (χ1v) is 12.1. The number of carbonyl (C=O) groups is 1. The van der Waals surface area contributed by atoms with Crippen LogP contribution in [-0.4, -0.2) is 39.4 Å². The molecule has 8 heteroatoms. The molecule has 0 fully saturated rings. The van der Waals surface area contributed by atoms with Crippen LogP contribution >= 0.6 is 11.8 Å². The van der Waals surface area contributed by atoms with Crippen molar-refractivity contribution in [1.29, 1.82) is 0 Å². The number of aromatic nitrogens is 4. The first-order valence-electron chi connectivity index (χ1n) is 11.1. The van der Waals surface area contributed by atoms with E-state index in [9.17, 15) is 4.79 Å². The highest BCUT2D eigenvalue weighted by atomic mass is 32.2. The Balaban J connectivity index is 1.36. The number of nitrogens with zero attached hydrogens (tertiary/aromatic N) is 4. The number of methoxy groups -OCH3 is 1. The molecule has 0 spiro atoms. The quantitative estimate of drug-likeness (QED) is 0.330. The summed E-state index contributed by atoms with van der Waals surface area (Å²) in [7, 11) is 1.70. The normalized spacial score (nSPS) is 10.9. The van der Waals surface area contributed by atoms with E-state index in [2.05, 4.69) is 37.2 Å². The van der Waals surface area contributed by atoms with E-state index in [1.165, 1.54) is 5.56 Å². The molecule has 2 aromatic heterocycles. The van der Waals surface area contributed by atoms with Crippen LogP contribution in [-0.2, 0) is 30.0 Å². The van der Waals surface area contributed by atoms with Crippen LogP contribution in [0.5, 0.6) is 0 Å². The monoisotopic (exact) mass is 473 g/mol. The van der Waals surface area contributed by atoms with Gasteiger partial charge < -0.3 is 14.6 Å². The molecule has 4 aromatic rings. The minimum atomic E-state index is -0.0964. The molecule has 0 saturated carbocycles. The molecule has 0 atom stereocenters. The first kappa shape index (κ1) is 23.7. The van der Waals surface area contributed by atoms with Crippen molar-refractivity contribution in [2.75, 3.05) is 13.7 Å². The average molecular weight is 474 g/mol. The second kappa shape index (κ2) is 12.1. The highest BCUT2D eigenvalue weighted by Gasteiger charge is 2.14. The fourth-order valence-electron chi connectivity index (χ4n) is 3.43. The van der Waals surface area contributed by atoms with Crippen molar-refractivity contribution >= 4 is 17.7 Å². The molecular weight excluding hydrogens is 446 g/mol. The van der Waals surface area contributed by atoms with E-state index < -0.39 is 0 Å². The molecule has 0 bridgehead atoms. The number of hydrogen-bond acceptors (Lipinski definition) is 6. The van der Waals surface area contributed by atoms with Gasteiger partial charge in [-0.1, -0.05) is 54.2 Å². The Labute approximate surface area is 203 Å². The third-order valence-corrected chi connectivity index (χ3v) is 6.34. The predicted molar refractivity (Wildman–Crippen MR) is 133 cm³/mol. The molecule has 2 heterocycles. The fourth-order valence-corrected chi connectivity index (χ4v) is 4.37. The third-order valence-electron chi connectivity index (χ3n) is 5.30. The van der Waals surface area contributed by atoms with E-state index in [0.717, 1.165) is 34.3 Å². The number of nitrogens with one attached hydrogen (secondary N) is 1. The standard InChI is InChI=1S/C26H27N5O2S/c1-33-16-15-31-24(17-20-5-3-2-4-6-20)29-30-26(31)34-19-22-7-9-23(10-8-22)25(32)28-18-21-11-13-27-14-12-21/h2-14H,15-19H2,1H3,(H,28,32). The zero-order valence-corrected chi connectivity index (χ0v) is 19.9. The number of benzene rings is 2. The summed E-state index contributed by atoms with van der Waals surface area (Å²) in [5.41, 5.74) is 3.96. The largest absolute Gasteiger partial charge is 0.383 e. The van der Waals surface area contributed by atoms with Gasteiger partial charge in [-0.2, -0.15) is 0 Å². The van der Waals surface area contributed by atoms with Gasteiger partial charge in [-0.05, 0) is 41.0 Å². The Morgan fingerprint density at radius 2 is 1.71 bits per heavy atom. The zero-order chi connectivity index (χ0) is 23.6. The molecule has 4 rings (SSSR count). The molecule has 7 nitrogen and oxygen atoms in total. The summed E-state index contributed by atoms with van der Waals surface area (Å²) in [5.74, 6) is 1.56. The summed E-state index contributed by atoms with van der Waals surface area (Å²) in [6.07, 6.45) is 4.16. The Morgan fingerprint density at radius 1 is 0.941 bits per heavy atom. The van der Waals surface area contributed by atoms with Gasteiger partial charge in [-0.3, -0.25) is 9.78 Å². The number of rotatable bonds is 11. The van der Waals surface area contributed by atoms with Crippen molar-refractivity contribution in [3.63, 3.8) is 0 Å². The Morgan fingerprint density at radius 3 is 2.44 bits per heavy atom. The highest BCUT2D eigenvalue weighted by molar-refractivity contribution is 7.98. The van der Waals surface area contributed by atoms with Gasteiger partial charge in [0.15, 0.2) is 5.16 Å². The summed E-state index contributed by atoms with van der Waals surface area (Å²) in [4.78, 5) is 16.4. The lowest BCUT2D eigenvalue weighted by atomic mass is 10.1. The summed E-state index contributed by atoms with van der Waals surface area (Å²) in [5, 5.41) is 12.7. The van der Waals surface area contributed by atoms with Gasteiger partial charge >= 0.3 is 0 Å². The predicted octanol–water partition coefficient (Wildman–Crippen LogP) is 4.13. The molecule has 2 aromatic carbocycles. The highest BCUT2D eigenvalue weighted by Crippen LogP contribution is 2.23. The van der Waals surface area contributed by atoms with Gasteiger partial charge in [-0.25, -0.2) is 0 Å². The van der Waals surface area contributed by atoms with Crippen LogP contribution in [0, 0.1) is 0 Å². The second-order valence-corrected chi connectivity index (χ2v) is 8.67. The molecular formula is C26H27N5O2S. The van der Waals surface area contributed by atoms with E-state index in [4.69, 9.17) is 4.74 Å². The fraction of sp³-hybridized carbons (Fsp3) is 0.231. The van der Waals surface area contributed by atoms with Crippen LogP contribution in [0.1, 0.15) is 32.9 Å². The molecule has 0 unspecified atom stereocenters. The summed E-state index contributed by atoms with van der Waals surface area (Å²) < 4.78 is 7.42. The van der Waals surface area contributed by atoms with E-state index in [1.54, 1.807) is 31.3 Å². The lowest BCUT2D eigenvalue weighted by Gasteiger charge is -2.10. The van der Waals surface area contributed by atoms with Gasteiger partial charge in [-0.15, -0.1) is 10.2 Å². The van der Waals surface area contributed by atoms with Gasteiger partial charge in [0.1, 0.15) is 5.82 Å². The van der Waals surface area contributed by atoms with Crippen molar-refractivity contribution in [3.8, 4) is 0 Å². The van der Waals surface area contributed by atoms with Crippen LogP contribution < -0.4 is 5.32 Å². The number of thioether (sulfide) groups is 1. The van der Waals surface area contributed by atoms with Gasteiger partial charge in [0.25, 0.3) is 5.91 Å². The van der Waals surface area contributed by atoms with Gasteiger partial charge in [0.2, 0.25) is 0 Å². The smallest absolute Gasteiger partial charge is 0.251 e. The van der Waals surface area contributed by atoms with E-state index >= 15 is 0 Å². The Kier molecular flexibility index (Phi) is 8.43. The number of pyridine rings is 1. The molecule has 0 aliphatic heterocycles. The minimum Gasteiger partial charge on any atom is -0.383 e. The number of carbonyl (C=O) groups excluding carboxylic acids is 1. The topological polar surface area (TPSA) is 81.9 Å². The number of amides is 1. The van der Waals surface area contributed by atoms with Crippen molar-refractivity contribution in [2.24, 2.45) is 0 Å². The summed E-state index contributed by atoms with van der Waals surface area (Å²) >= 11 is 1.63. The van der Waals surface area contributed by atoms with Crippen molar-refractivity contribution < 1.29 is 9.53 Å². The minimum absolute atomic E-state index is 0.0964. The maximum absolute atomic E-state index is 12.4. The third kappa shape index (κ3) is 6.52. The molecule has 0 aliphatic rings. The van der Waals surface area contributed by atoms with Crippen LogP contribution in [0.3, 0.4) is 0 Å². The average Bonchev–Trinajstić information content (AvgIpc) is 3.27. The molecule has 0 aliphatic carbocycles.